The van der Waals surface area contributed by atoms with Crippen LogP contribution in [-0.4, -0.2) is 74.3 Å². The zero-order valence-electron chi connectivity index (χ0n) is 18.1. The molecule has 8 heteroatoms. The molecule has 162 valence electrons. The van der Waals surface area contributed by atoms with Gasteiger partial charge in [0.15, 0.2) is 9.84 Å². The maximum Gasteiger partial charge on any atom is 0.238 e. The SMILES string of the molecule is CCCN(C(=O)CN(C)CC(=O)Nc1c(C)cc(C)cc1C)[C@H]1CCS(=O)(=O)C1. The molecule has 1 aromatic carbocycles. The number of carbonyl (C=O) groups excluding carboxylic acids is 2. The van der Waals surface area contributed by atoms with Gasteiger partial charge in [-0.15, -0.1) is 0 Å². The Hall–Kier alpha value is -1.93. The molecule has 1 fully saturated rings. The van der Waals surface area contributed by atoms with E-state index in [0.717, 1.165) is 28.8 Å². The van der Waals surface area contributed by atoms with Crippen LogP contribution in [0, 0.1) is 20.8 Å². The third kappa shape index (κ3) is 6.54. The van der Waals surface area contributed by atoms with E-state index in [2.05, 4.69) is 5.32 Å². The highest BCUT2D eigenvalue weighted by Crippen LogP contribution is 2.22. The first-order chi connectivity index (χ1) is 13.5. The van der Waals surface area contributed by atoms with E-state index < -0.39 is 9.84 Å². The lowest BCUT2D eigenvalue weighted by Crippen LogP contribution is -2.47. The van der Waals surface area contributed by atoms with Gasteiger partial charge in [-0.05, 0) is 51.8 Å². The molecule has 1 N–H and O–H groups in total. The van der Waals surface area contributed by atoms with E-state index in [4.69, 9.17) is 0 Å². The number of likely N-dealkylation sites (N-methyl/N-ethyl adjacent to an activating group) is 1. The second-order valence-electron chi connectivity index (χ2n) is 8.14. The van der Waals surface area contributed by atoms with Gasteiger partial charge in [-0.1, -0.05) is 24.6 Å². The van der Waals surface area contributed by atoms with Crippen LogP contribution in [0.1, 0.15) is 36.5 Å². The predicted molar refractivity (Wildman–Crippen MR) is 116 cm³/mol. The smallest absolute Gasteiger partial charge is 0.238 e. The molecule has 0 spiro atoms. The quantitative estimate of drug-likeness (QED) is 0.690. The van der Waals surface area contributed by atoms with Crippen molar-refractivity contribution in [1.29, 1.82) is 0 Å². The molecule has 7 nitrogen and oxygen atoms in total. The third-order valence-corrected chi connectivity index (χ3v) is 6.94. The topological polar surface area (TPSA) is 86.8 Å². The molecule has 0 radical (unpaired) electrons. The van der Waals surface area contributed by atoms with Crippen LogP contribution in [-0.2, 0) is 19.4 Å². The Morgan fingerprint density at radius 1 is 1.14 bits per heavy atom. The average Bonchev–Trinajstić information content (AvgIpc) is 2.95. The monoisotopic (exact) mass is 423 g/mol. The Kier molecular flexibility index (Phi) is 7.82. The molecule has 0 aliphatic carbocycles. The number of nitrogens with one attached hydrogen (secondary N) is 1. The van der Waals surface area contributed by atoms with Crippen LogP contribution >= 0.6 is 0 Å². The summed E-state index contributed by atoms with van der Waals surface area (Å²) in [4.78, 5) is 28.6. The molecule has 0 aromatic heterocycles. The number of hydrogen-bond acceptors (Lipinski definition) is 5. The Bertz CT molecular complexity index is 844. The molecular weight excluding hydrogens is 390 g/mol. The summed E-state index contributed by atoms with van der Waals surface area (Å²) in [6.07, 6.45) is 1.25. The minimum Gasteiger partial charge on any atom is -0.338 e. The maximum absolute atomic E-state index is 12.8. The van der Waals surface area contributed by atoms with E-state index in [9.17, 15) is 18.0 Å². The van der Waals surface area contributed by atoms with Gasteiger partial charge >= 0.3 is 0 Å². The fourth-order valence-electron chi connectivity index (χ4n) is 3.95. The Morgan fingerprint density at radius 2 is 1.76 bits per heavy atom. The van der Waals surface area contributed by atoms with Crippen LogP contribution < -0.4 is 5.32 Å². The standard InChI is InChI=1S/C21H33N3O4S/c1-6-8-24(18-7-9-29(27,28)14-18)20(26)13-23(5)12-19(25)22-21-16(3)10-15(2)11-17(21)4/h10-11,18H,6-9,12-14H2,1-5H3,(H,22,25)/t18-/m0/s1. The zero-order chi connectivity index (χ0) is 21.8. The van der Waals surface area contributed by atoms with E-state index in [1.54, 1.807) is 16.8 Å². The van der Waals surface area contributed by atoms with Gasteiger partial charge in [0.25, 0.3) is 0 Å². The zero-order valence-corrected chi connectivity index (χ0v) is 18.9. The molecule has 1 heterocycles. The van der Waals surface area contributed by atoms with Gasteiger partial charge in [-0.25, -0.2) is 8.42 Å². The molecule has 29 heavy (non-hydrogen) atoms. The summed E-state index contributed by atoms with van der Waals surface area (Å²) in [5.74, 6) is -0.138. The maximum atomic E-state index is 12.8. The predicted octanol–water partition coefficient (Wildman–Crippen LogP) is 1.91. The number of anilines is 1. The van der Waals surface area contributed by atoms with E-state index in [1.165, 1.54) is 0 Å². The van der Waals surface area contributed by atoms with Gasteiger partial charge in [0.2, 0.25) is 11.8 Å². The normalized spacial score (nSPS) is 18.1. The second kappa shape index (κ2) is 9.71. The van der Waals surface area contributed by atoms with Gasteiger partial charge in [-0.3, -0.25) is 14.5 Å². The molecule has 1 atom stereocenters. The van der Waals surface area contributed by atoms with Crippen molar-refractivity contribution in [2.24, 2.45) is 0 Å². The summed E-state index contributed by atoms with van der Waals surface area (Å²) >= 11 is 0. The van der Waals surface area contributed by atoms with Gasteiger partial charge in [0.1, 0.15) is 0 Å². The summed E-state index contributed by atoms with van der Waals surface area (Å²) in [7, 11) is -1.33. The molecule has 0 saturated carbocycles. The molecular formula is C21H33N3O4S. The molecule has 0 bridgehead atoms. The largest absolute Gasteiger partial charge is 0.338 e. The number of nitrogens with zero attached hydrogens (tertiary/aromatic N) is 2. The fraction of sp³-hybridized carbons (Fsp3) is 0.619. The Balaban J connectivity index is 1.95. The summed E-state index contributed by atoms with van der Waals surface area (Å²) in [5, 5.41) is 2.95. The van der Waals surface area contributed by atoms with Gasteiger partial charge < -0.3 is 10.2 Å². The number of sulfone groups is 1. The van der Waals surface area contributed by atoms with Crippen LogP contribution in [0.2, 0.25) is 0 Å². The van der Waals surface area contributed by atoms with Crippen molar-refractivity contribution in [3.05, 3.63) is 28.8 Å². The van der Waals surface area contributed by atoms with Crippen LogP contribution in [0.25, 0.3) is 0 Å². The first-order valence-corrected chi connectivity index (χ1v) is 11.9. The van der Waals surface area contributed by atoms with Crippen molar-refractivity contribution in [2.75, 3.05) is 43.5 Å². The van der Waals surface area contributed by atoms with Crippen molar-refractivity contribution in [1.82, 2.24) is 9.80 Å². The lowest BCUT2D eigenvalue weighted by atomic mass is 10.1. The van der Waals surface area contributed by atoms with Gasteiger partial charge in [0, 0.05) is 18.3 Å². The van der Waals surface area contributed by atoms with Crippen molar-refractivity contribution in [3.8, 4) is 0 Å². The van der Waals surface area contributed by atoms with Gasteiger partial charge in [-0.2, -0.15) is 0 Å². The lowest BCUT2D eigenvalue weighted by Gasteiger charge is -2.29. The lowest BCUT2D eigenvalue weighted by molar-refractivity contribution is -0.134. The molecule has 2 rings (SSSR count). The van der Waals surface area contributed by atoms with Crippen LogP contribution in [0.15, 0.2) is 12.1 Å². The first kappa shape index (κ1) is 23.3. The van der Waals surface area contributed by atoms with E-state index in [0.29, 0.717) is 13.0 Å². The first-order valence-electron chi connectivity index (χ1n) is 10.1. The molecule has 1 saturated heterocycles. The van der Waals surface area contributed by atoms with E-state index >= 15 is 0 Å². The fourth-order valence-corrected chi connectivity index (χ4v) is 5.68. The Morgan fingerprint density at radius 3 is 2.28 bits per heavy atom. The number of rotatable bonds is 8. The third-order valence-electron chi connectivity index (χ3n) is 5.19. The number of amides is 2. The number of carbonyl (C=O) groups is 2. The highest BCUT2D eigenvalue weighted by molar-refractivity contribution is 7.91. The molecule has 1 aliphatic rings. The minimum atomic E-state index is -3.06. The van der Waals surface area contributed by atoms with Crippen molar-refractivity contribution < 1.29 is 18.0 Å². The van der Waals surface area contributed by atoms with Crippen molar-refractivity contribution >= 4 is 27.3 Å². The van der Waals surface area contributed by atoms with Crippen LogP contribution in [0.5, 0.6) is 0 Å². The van der Waals surface area contributed by atoms with Crippen molar-refractivity contribution in [3.63, 3.8) is 0 Å². The summed E-state index contributed by atoms with van der Waals surface area (Å²) in [5.41, 5.74) is 3.96. The number of benzene rings is 1. The average molecular weight is 424 g/mol. The van der Waals surface area contributed by atoms with Crippen LogP contribution in [0.4, 0.5) is 5.69 Å². The van der Waals surface area contributed by atoms with Gasteiger partial charge in [0.05, 0.1) is 24.6 Å². The van der Waals surface area contributed by atoms with Crippen molar-refractivity contribution in [2.45, 2.75) is 46.6 Å². The van der Waals surface area contributed by atoms with Crippen LogP contribution in [0.3, 0.4) is 0 Å². The minimum absolute atomic E-state index is 0.0366. The highest BCUT2D eigenvalue weighted by atomic mass is 32.2. The van der Waals surface area contributed by atoms with E-state index in [-0.39, 0.29) is 42.5 Å². The molecule has 0 unspecified atom stereocenters. The molecule has 1 aliphatic heterocycles. The summed E-state index contributed by atoms with van der Waals surface area (Å²) in [6.45, 7) is 8.59. The summed E-state index contributed by atoms with van der Waals surface area (Å²) in [6, 6.07) is 3.79. The molecule has 1 aromatic rings. The van der Waals surface area contributed by atoms with E-state index in [1.807, 2.05) is 39.8 Å². The summed E-state index contributed by atoms with van der Waals surface area (Å²) < 4.78 is 23.6. The molecule has 2 amide bonds. The number of aryl methyl sites for hydroxylation is 3. The second-order valence-corrected chi connectivity index (χ2v) is 10.4. The highest BCUT2D eigenvalue weighted by Gasteiger charge is 2.34. The Labute approximate surface area is 174 Å². The number of hydrogen-bond donors (Lipinski definition) is 1.